The average Bonchev–Trinajstić information content (AvgIpc) is 2.91. The topological polar surface area (TPSA) is 107 Å². The van der Waals surface area contributed by atoms with Crippen LogP contribution in [0.4, 0.5) is 5.69 Å². The Balaban J connectivity index is 0.000000757. The van der Waals surface area contributed by atoms with Gasteiger partial charge in [0.15, 0.2) is 0 Å². The van der Waals surface area contributed by atoms with E-state index in [4.69, 9.17) is 23.2 Å². The number of ether oxygens (including phenoxy) is 1. The second-order valence-electron chi connectivity index (χ2n) is 7.89. The summed E-state index contributed by atoms with van der Waals surface area (Å²) in [6.45, 7) is 2.19. The number of hydrogen-bond donors (Lipinski definition) is 2. The van der Waals surface area contributed by atoms with Crippen LogP contribution in [0.25, 0.3) is 0 Å². The summed E-state index contributed by atoms with van der Waals surface area (Å²) in [7, 11) is 3.32. The summed E-state index contributed by atoms with van der Waals surface area (Å²) in [6.07, 6.45) is 2.20. The lowest BCUT2D eigenvalue weighted by atomic mass is 9.88. The standard InChI is InChI=1S/C25H22Cl2N4O.C3H7NO2/c1-17(32)31(30-15-18-6-4-3-5-7-18)22-12-20(16-29-2)25(24(27)13-22)23(14-28)19-8-10-21(26)11-9-19;1-6-3-4-2-5/h3-13,15,23,29H,16H2,1-2H3;2H,3H2,1H3,(H,4,5)/b30-15+;. The summed E-state index contributed by atoms with van der Waals surface area (Å²) in [5.74, 6) is -0.846. The van der Waals surface area contributed by atoms with Gasteiger partial charge in [-0.2, -0.15) is 10.4 Å². The van der Waals surface area contributed by atoms with Gasteiger partial charge in [-0.25, -0.2) is 5.01 Å². The fraction of sp³-hybridized carbons (Fsp3) is 0.214. The Morgan fingerprint density at radius 1 is 1.16 bits per heavy atom. The van der Waals surface area contributed by atoms with Gasteiger partial charge in [-0.15, -0.1) is 0 Å². The number of methoxy groups -OCH3 is 1. The van der Waals surface area contributed by atoms with Crippen LogP contribution in [-0.4, -0.2) is 39.4 Å². The number of hydrogen-bond acceptors (Lipinski definition) is 6. The van der Waals surface area contributed by atoms with E-state index in [9.17, 15) is 14.9 Å². The maximum absolute atomic E-state index is 12.4. The van der Waals surface area contributed by atoms with Crippen LogP contribution >= 0.6 is 23.2 Å². The number of nitrogens with one attached hydrogen (secondary N) is 2. The molecule has 0 aliphatic rings. The van der Waals surface area contributed by atoms with Crippen LogP contribution in [0.5, 0.6) is 0 Å². The normalized spacial score (nSPS) is 11.2. The van der Waals surface area contributed by atoms with Crippen LogP contribution in [0.1, 0.15) is 35.1 Å². The van der Waals surface area contributed by atoms with E-state index in [1.54, 1.807) is 24.4 Å². The molecule has 0 bridgehead atoms. The van der Waals surface area contributed by atoms with E-state index < -0.39 is 5.92 Å². The molecule has 1 unspecified atom stereocenters. The maximum Gasteiger partial charge on any atom is 0.244 e. The number of amides is 2. The lowest BCUT2D eigenvalue weighted by Crippen LogP contribution is -2.23. The smallest absolute Gasteiger partial charge is 0.244 e. The first kappa shape index (κ1) is 30.5. The lowest BCUT2D eigenvalue weighted by Gasteiger charge is -2.22. The highest BCUT2D eigenvalue weighted by Gasteiger charge is 2.23. The molecule has 0 aliphatic heterocycles. The van der Waals surface area contributed by atoms with Gasteiger partial charge in [-0.1, -0.05) is 65.7 Å². The molecule has 1 atom stereocenters. The Kier molecular flexibility index (Phi) is 13.0. The molecule has 3 aromatic carbocycles. The van der Waals surface area contributed by atoms with Crippen molar-refractivity contribution in [3.63, 3.8) is 0 Å². The van der Waals surface area contributed by atoms with Gasteiger partial charge in [0.25, 0.3) is 0 Å². The van der Waals surface area contributed by atoms with Crippen LogP contribution < -0.4 is 15.6 Å². The van der Waals surface area contributed by atoms with Crippen molar-refractivity contribution in [2.75, 3.05) is 25.9 Å². The number of carbonyl (C=O) groups is 2. The van der Waals surface area contributed by atoms with Gasteiger partial charge in [0.05, 0.1) is 23.9 Å². The Bertz CT molecular complexity index is 1260. The SMILES string of the molecule is CNCc1cc(N(/N=C/c2ccccc2)C(C)=O)cc(Cl)c1C(C#N)c1ccc(Cl)cc1.COCNC=O. The molecule has 198 valence electrons. The number of carbonyl (C=O) groups excluding carboxylic acids is 2. The zero-order valence-electron chi connectivity index (χ0n) is 21.3. The Hall–Kier alpha value is -3.74. The summed E-state index contributed by atoms with van der Waals surface area (Å²) in [5, 5.41) is 22.0. The van der Waals surface area contributed by atoms with Crippen molar-refractivity contribution in [2.45, 2.75) is 19.4 Å². The van der Waals surface area contributed by atoms with Crippen LogP contribution in [0.3, 0.4) is 0 Å². The second kappa shape index (κ2) is 16.2. The van der Waals surface area contributed by atoms with Crippen molar-refractivity contribution in [3.8, 4) is 6.07 Å². The van der Waals surface area contributed by atoms with E-state index >= 15 is 0 Å². The number of nitriles is 1. The lowest BCUT2D eigenvalue weighted by molar-refractivity contribution is -0.116. The quantitative estimate of drug-likeness (QED) is 0.119. The van der Waals surface area contributed by atoms with Crippen LogP contribution in [0, 0.1) is 11.3 Å². The molecule has 2 amide bonds. The van der Waals surface area contributed by atoms with Crippen LogP contribution in [0.2, 0.25) is 10.0 Å². The average molecular weight is 554 g/mol. The molecule has 10 heteroatoms. The molecular weight excluding hydrogens is 525 g/mol. The minimum absolute atomic E-state index is 0.258. The first-order valence-corrected chi connectivity index (χ1v) is 12.3. The number of nitrogens with zero attached hydrogens (tertiary/aromatic N) is 3. The third-order valence-electron chi connectivity index (χ3n) is 5.16. The largest absolute Gasteiger partial charge is 0.365 e. The Morgan fingerprint density at radius 2 is 1.84 bits per heavy atom. The van der Waals surface area contributed by atoms with E-state index in [-0.39, 0.29) is 5.91 Å². The summed E-state index contributed by atoms with van der Waals surface area (Å²) in [6, 6.07) is 22.5. The minimum atomic E-state index is -0.587. The monoisotopic (exact) mass is 553 g/mol. The van der Waals surface area contributed by atoms with Crippen LogP contribution in [0.15, 0.2) is 71.8 Å². The molecule has 0 aromatic heterocycles. The second-order valence-corrected chi connectivity index (χ2v) is 8.73. The first-order chi connectivity index (χ1) is 18.4. The predicted octanol–water partition coefficient (Wildman–Crippen LogP) is 5.09. The molecule has 2 N–H and O–H groups in total. The van der Waals surface area contributed by atoms with E-state index in [0.29, 0.717) is 41.0 Å². The summed E-state index contributed by atoms with van der Waals surface area (Å²) in [4.78, 5) is 21.7. The fourth-order valence-corrected chi connectivity index (χ4v) is 3.98. The summed E-state index contributed by atoms with van der Waals surface area (Å²) in [5.41, 5.74) is 3.66. The van der Waals surface area contributed by atoms with Gasteiger partial charge >= 0.3 is 0 Å². The molecule has 0 radical (unpaired) electrons. The third-order valence-corrected chi connectivity index (χ3v) is 5.73. The highest BCUT2D eigenvalue weighted by molar-refractivity contribution is 6.32. The van der Waals surface area contributed by atoms with E-state index in [1.807, 2.05) is 55.6 Å². The first-order valence-electron chi connectivity index (χ1n) is 11.5. The van der Waals surface area contributed by atoms with Gasteiger partial charge in [-0.3, -0.25) is 9.59 Å². The number of hydrazone groups is 1. The van der Waals surface area contributed by atoms with E-state index in [2.05, 4.69) is 26.5 Å². The molecule has 0 aliphatic carbocycles. The van der Waals surface area contributed by atoms with Crippen molar-refractivity contribution < 1.29 is 14.3 Å². The zero-order valence-corrected chi connectivity index (χ0v) is 22.8. The Labute approximate surface area is 232 Å². The molecular formula is C28H29Cl2N5O3. The van der Waals surface area contributed by atoms with Crippen molar-refractivity contribution >= 4 is 47.4 Å². The van der Waals surface area contributed by atoms with Gasteiger partial charge in [0.2, 0.25) is 12.3 Å². The summed E-state index contributed by atoms with van der Waals surface area (Å²) >= 11 is 12.7. The van der Waals surface area contributed by atoms with Crippen LogP contribution in [-0.2, 0) is 20.9 Å². The zero-order chi connectivity index (χ0) is 27.9. The molecule has 0 heterocycles. The van der Waals surface area contributed by atoms with E-state index in [0.717, 1.165) is 16.7 Å². The molecule has 0 spiro atoms. The molecule has 8 nitrogen and oxygen atoms in total. The van der Waals surface area contributed by atoms with Gasteiger partial charge in [0, 0.05) is 30.6 Å². The van der Waals surface area contributed by atoms with Crippen molar-refractivity contribution in [1.82, 2.24) is 10.6 Å². The number of anilines is 1. The maximum atomic E-state index is 12.4. The van der Waals surface area contributed by atoms with Crippen molar-refractivity contribution in [2.24, 2.45) is 5.10 Å². The minimum Gasteiger partial charge on any atom is -0.365 e. The third kappa shape index (κ3) is 8.98. The Morgan fingerprint density at radius 3 is 2.37 bits per heavy atom. The fourth-order valence-electron chi connectivity index (χ4n) is 3.51. The van der Waals surface area contributed by atoms with E-state index in [1.165, 1.54) is 19.0 Å². The van der Waals surface area contributed by atoms with Crippen molar-refractivity contribution in [3.05, 3.63) is 99.0 Å². The summed E-state index contributed by atoms with van der Waals surface area (Å²) < 4.78 is 4.44. The number of benzene rings is 3. The predicted molar refractivity (Wildman–Crippen MR) is 151 cm³/mol. The number of rotatable bonds is 10. The molecule has 0 saturated heterocycles. The highest BCUT2D eigenvalue weighted by Crippen LogP contribution is 2.36. The number of halogens is 2. The van der Waals surface area contributed by atoms with Gasteiger partial charge in [-0.05, 0) is 53.6 Å². The molecule has 38 heavy (non-hydrogen) atoms. The molecule has 0 saturated carbocycles. The van der Waals surface area contributed by atoms with Gasteiger partial charge in [0.1, 0.15) is 6.73 Å². The van der Waals surface area contributed by atoms with Crippen molar-refractivity contribution in [1.29, 1.82) is 5.26 Å². The molecule has 3 rings (SSSR count). The molecule has 3 aromatic rings. The van der Waals surface area contributed by atoms with Gasteiger partial charge < -0.3 is 15.4 Å². The highest BCUT2D eigenvalue weighted by atomic mass is 35.5. The molecule has 0 fully saturated rings.